The number of ether oxygens (including phenoxy) is 7. The number of nitrogens with two attached hydrogens (primary N) is 3. The summed E-state index contributed by atoms with van der Waals surface area (Å²) in [4.78, 5) is 97.3. The number of aromatic amines is 1. The second-order valence-electron chi connectivity index (χ2n) is 20.6. The van der Waals surface area contributed by atoms with E-state index in [-0.39, 0.29) is 53.8 Å². The Balaban J connectivity index is 0.791. The van der Waals surface area contributed by atoms with Gasteiger partial charge >= 0.3 is 37.3 Å². The number of fused-ring (bicyclic) bond motifs is 7. The summed E-state index contributed by atoms with van der Waals surface area (Å²) in [5, 5.41) is 21.5. The largest absolute Gasteiger partial charge is 0.393 e. The van der Waals surface area contributed by atoms with Gasteiger partial charge in [0.2, 0.25) is 0 Å². The number of nitrogens with zero attached hydrogens (tertiary/aromatic N) is 9. The Morgan fingerprint density at radius 2 is 1.34 bits per heavy atom. The molecule has 35 nitrogen and oxygen atoms in total. The number of H-pyrrole nitrogens is 1. The van der Waals surface area contributed by atoms with Crippen LogP contribution in [0.1, 0.15) is 42.5 Å². The van der Waals surface area contributed by atoms with Crippen molar-refractivity contribution in [3.05, 3.63) is 90.2 Å². The fourth-order valence-corrected chi connectivity index (χ4v) is 15.4. The number of anilines is 3. The first kappa shape index (κ1) is 58.9. The smallest absolute Gasteiger partial charge is 0.386 e. The highest BCUT2D eigenvalue weighted by Crippen LogP contribution is 2.63. The molecule has 5 aromatic rings. The van der Waals surface area contributed by atoms with E-state index >= 15 is 0 Å². The number of thiol groups is 1. The highest BCUT2D eigenvalue weighted by atomic mass is 32.7. The maximum absolute atomic E-state index is 14.4. The topological polar surface area (TPSA) is 464 Å². The van der Waals surface area contributed by atoms with Crippen molar-refractivity contribution in [1.82, 2.24) is 48.2 Å². The average Bonchev–Trinajstić information content (AvgIpc) is 1.72. The summed E-state index contributed by atoms with van der Waals surface area (Å²) < 4.78 is 98.7. The quantitative estimate of drug-likeness (QED) is 0.0289. The van der Waals surface area contributed by atoms with E-state index in [0.29, 0.717) is 5.56 Å². The van der Waals surface area contributed by atoms with Gasteiger partial charge in [0.25, 0.3) is 5.56 Å². The minimum atomic E-state index is -4.66. The molecule has 3 unspecified atom stereocenters. The summed E-state index contributed by atoms with van der Waals surface area (Å²) in [5.74, 6) is -0.0555. The highest BCUT2D eigenvalue weighted by Gasteiger charge is 2.69. The van der Waals surface area contributed by atoms with Crippen LogP contribution in [0.5, 0.6) is 0 Å². The van der Waals surface area contributed by atoms with E-state index in [4.69, 9.17) is 101 Å². The molecule has 83 heavy (non-hydrogen) atoms. The molecule has 11 N–H and O–H groups in total. The molecule has 7 aliphatic rings. The van der Waals surface area contributed by atoms with E-state index < -0.39 is 166 Å². The highest BCUT2D eigenvalue weighted by molar-refractivity contribution is 8.44. The molecule has 18 atom stereocenters. The van der Waals surface area contributed by atoms with Crippen molar-refractivity contribution >= 4 is 84.7 Å². The molecule has 6 bridgehead atoms. The van der Waals surface area contributed by atoms with E-state index in [9.17, 15) is 43.7 Å². The molecule has 7 fully saturated rings. The number of aliphatic hydroxyl groups excluding tert-OH is 2. The van der Waals surface area contributed by atoms with Gasteiger partial charge in [-0.15, -0.1) is 0 Å². The standard InChI is InChI=1S/C42H52N13O22P3S3/c1-17-6-53(38(60)50-30(17)44)35-25-28(41(73-35,11-66-25)13-69-79(63,82)75-27-24-34(72-40(27,9-56)10-65-24)54-7-18(2)33(58)51-39(54)61)77-80(64,83)70-14-42-12-67-26(36(74-42)55-16-48-23-31(45)46-15-47-32(23)55)29(42)76-78(62,81)68-8-20-19(57)5-22(71-20)52-4-3-21(43)49-37(52)59/h3-4,6-7,15-16,19-20,22,24-29,34-36,56-57H,5,8-14H2,1-2H3,(H,62,81)(H,63,82)(H,64,83)(H2,43,49,59)(H2,44,50,60)(H2,45,46,47)(H,51,58,61)/t19-,20+,22+,24+,25+,26+,27-,28-,29-,34+,35+,36+,40-,41+,42+,78?,79?,80?/m0/s1. The van der Waals surface area contributed by atoms with Gasteiger partial charge in [-0.05, 0) is 43.5 Å². The maximum Gasteiger partial charge on any atom is 0.386 e. The third-order valence-electron chi connectivity index (χ3n) is 15.2. The number of hydrogen-bond donors (Lipinski definition) is 9. The molecule has 12 heterocycles. The van der Waals surface area contributed by atoms with E-state index in [2.05, 4.69) is 42.2 Å². The zero-order valence-electron chi connectivity index (χ0n) is 43.0. The Labute approximate surface area is 480 Å². The lowest BCUT2D eigenvalue weighted by Crippen LogP contribution is -2.47. The second-order valence-corrected chi connectivity index (χ2v) is 29.0. The molecule has 0 amide bonds. The molecule has 0 saturated carbocycles. The van der Waals surface area contributed by atoms with Crippen LogP contribution in [0.25, 0.3) is 11.2 Å². The minimum Gasteiger partial charge on any atom is -0.393 e. The number of aryl methyl sites for hydroxylation is 2. The first-order valence-corrected chi connectivity index (χ1v) is 32.9. The van der Waals surface area contributed by atoms with Crippen molar-refractivity contribution in [3.63, 3.8) is 0 Å². The summed E-state index contributed by atoms with van der Waals surface area (Å²) >= 11 is 15.4. The lowest BCUT2D eigenvalue weighted by atomic mass is 10.0. The molecule has 0 aromatic carbocycles. The normalized spacial score (nSPS) is 35.6. The number of nitrogens with one attached hydrogen (secondary N) is 1. The van der Waals surface area contributed by atoms with Gasteiger partial charge in [-0.1, -0.05) is 12.2 Å². The molecule has 12 rings (SSSR count). The second kappa shape index (κ2) is 21.5. The van der Waals surface area contributed by atoms with Crippen LogP contribution in [0.3, 0.4) is 0 Å². The van der Waals surface area contributed by atoms with Gasteiger partial charge in [0.1, 0.15) is 89.2 Å². The van der Waals surface area contributed by atoms with Gasteiger partial charge in [-0.3, -0.25) is 46.1 Å². The predicted molar refractivity (Wildman–Crippen MR) is 288 cm³/mol. The van der Waals surface area contributed by atoms with Crippen LogP contribution < -0.4 is 39.8 Å². The first-order chi connectivity index (χ1) is 39.2. The molecule has 5 aromatic heterocycles. The third kappa shape index (κ3) is 10.6. The molecule has 0 radical (unpaired) electrons. The summed E-state index contributed by atoms with van der Waals surface area (Å²) in [5.41, 5.74) is 10.0. The Hall–Kier alpha value is -4.41. The number of rotatable bonds is 20. The number of aromatic nitrogens is 10. The van der Waals surface area contributed by atoms with Gasteiger partial charge in [0.05, 0.1) is 58.7 Å². The summed E-state index contributed by atoms with van der Waals surface area (Å²) in [7, 11) is 0. The van der Waals surface area contributed by atoms with Crippen molar-refractivity contribution in [3.8, 4) is 0 Å². The van der Waals surface area contributed by atoms with Crippen molar-refractivity contribution in [1.29, 1.82) is 0 Å². The summed E-state index contributed by atoms with van der Waals surface area (Å²) in [6.07, 6.45) is -8.73. The van der Waals surface area contributed by atoms with Crippen LogP contribution in [0.4, 0.5) is 17.5 Å². The van der Waals surface area contributed by atoms with Crippen molar-refractivity contribution in [2.45, 2.75) is 111 Å². The van der Waals surface area contributed by atoms with Crippen LogP contribution >= 0.6 is 32.5 Å². The zero-order valence-corrected chi connectivity index (χ0v) is 48.3. The minimum absolute atomic E-state index is 0.0197. The van der Waals surface area contributed by atoms with Crippen LogP contribution in [0.2, 0.25) is 0 Å². The molecule has 0 aliphatic carbocycles. The van der Waals surface area contributed by atoms with Gasteiger partial charge in [0.15, 0.2) is 30.1 Å². The average molecular weight is 1280 g/mol. The summed E-state index contributed by atoms with van der Waals surface area (Å²) in [6.45, 7) is -14.5. The van der Waals surface area contributed by atoms with Crippen LogP contribution in [0.15, 0.2) is 56.5 Å². The van der Waals surface area contributed by atoms with Crippen molar-refractivity contribution in [2.24, 2.45) is 0 Å². The molecular formula is C42H52N13O22P3S3. The monoisotopic (exact) mass is 1280 g/mol. The number of imidazole rings is 1. The number of nitrogen functional groups attached to an aromatic ring is 3. The molecule has 41 heteroatoms. The first-order valence-electron chi connectivity index (χ1n) is 25.0. The van der Waals surface area contributed by atoms with Crippen LogP contribution in [-0.2, 0) is 88.5 Å². The van der Waals surface area contributed by atoms with Gasteiger partial charge < -0.3 is 79.4 Å². The lowest BCUT2D eigenvalue weighted by Gasteiger charge is -2.35. The Morgan fingerprint density at radius 1 is 0.759 bits per heavy atom. The number of aliphatic hydroxyl groups is 2. The van der Waals surface area contributed by atoms with Gasteiger partial charge in [0, 0.05) is 36.1 Å². The van der Waals surface area contributed by atoms with E-state index in [0.717, 1.165) is 13.7 Å². The zero-order chi connectivity index (χ0) is 58.9. The van der Waals surface area contributed by atoms with E-state index in [1.54, 1.807) is 6.92 Å². The maximum atomic E-state index is 14.4. The Bertz CT molecular complexity index is 3810. The predicted octanol–water partition coefficient (Wildman–Crippen LogP) is -2.43. The fraction of sp³-hybridized carbons (Fsp3) is 0.595. The van der Waals surface area contributed by atoms with E-state index in [1.807, 2.05) is 0 Å². The van der Waals surface area contributed by atoms with Crippen LogP contribution in [0, 0.1) is 13.8 Å². The van der Waals surface area contributed by atoms with Gasteiger partial charge in [-0.2, -0.15) is 9.97 Å². The summed E-state index contributed by atoms with van der Waals surface area (Å²) in [6, 6.07) is 1.38. The van der Waals surface area contributed by atoms with Crippen LogP contribution in [-0.4, -0.2) is 180 Å². The third-order valence-corrected chi connectivity index (χ3v) is 19.8. The molecule has 7 aliphatic heterocycles. The molecular weight excluding hydrogens is 1230 g/mol. The molecule has 7 saturated heterocycles. The molecule has 0 spiro atoms. The van der Waals surface area contributed by atoms with Crippen molar-refractivity contribution in [2.75, 3.05) is 63.4 Å². The number of hydrogen-bond acceptors (Lipinski definition) is 30. The fourth-order valence-electron chi connectivity index (χ4n) is 11.0. The Morgan fingerprint density at radius 3 is 2.00 bits per heavy atom. The molecule has 450 valence electrons. The van der Waals surface area contributed by atoms with Crippen molar-refractivity contribution < 1.29 is 84.9 Å². The van der Waals surface area contributed by atoms with E-state index in [1.165, 1.54) is 48.8 Å². The Kier molecular flexibility index (Phi) is 15.2. The lowest BCUT2D eigenvalue weighted by molar-refractivity contribution is -0.188. The van der Waals surface area contributed by atoms with Gasteiger partial charge in [-0.25, -0.2) is 33.9 Å². The SMILES string of the molecule is Cc1cn([C@@H]2O[C@@]3(COP(=O)(S)O[C@H]4[C@H]5OC[C@]4(CO)O[C@H]5n4cc(C)c(=O)[nH]c4=O)CO[C@@H]2[C@@H]3OP(O)(=S)OC[C@@]23CO[C@@H]([C@H](n4cnc5c(N)ncnc54)O2)[C@@H]3OP(O)(=S)OC[C@H]2O[C@@H](n3ccc(N)nc3=O)C[C@@H]2O)c(=O)nc1N.